The summed E-state index contributed by atoms with van der Waals surface area (Å²) in [5.74, 6) is -4.19. The molecule has 1 aliphatic rings. The number of Topliss-reactive ketones (excluding diaryl/α,β-unsaturated/α-hetero) is 1. The lowest BCUT2D eigenvalue weighted by molar-refractivity contribution is -0.162. The number of benzene rings is 1. The minimum absolute atomic E-state index is 0.0217. The average Bonchev–Trinajstić information content (AvgIpc) is 3.08. The zero-order chi connectivity index (χ0) is 26.4. The Morgan fingerprint density at radius 1 is 1.03 bits per heavy atom. The van der Waals surface area contributed by atoms with Gasteiger partial charge in [-0.25, -0.2) is 4.79 Å². The van der Waals surface area contributed by atoms with Crippen LogP contribution in [0.2, 0.25) is 0 Å². The Morgan fingerprint density at radius 2 is 1.57 bits per heavy atom. The molecule has 0 aliphatic carbocycles. The standard InChI is InChI=1S/C26H37NO8/c1-8-32-22(29)19(23(30)33-9-2)15-18(21(28)17-13-11-10-12-14-17)20-16-34-26(6,7)27(20)24(31)35-25(3,4)5/h10-14,18-20H,8-9,15-16H2,1-7H3/t18?,20-/m0/s1. The molecule has 0 aromatic heterocycles. The monoisotopic (exact) mass is 491 g/mol. The molecule has 1 fully saturated rings. The predicted octanol–water partition coefficient (Wildman–Crippen LogP) is 3.99. The molecular formula is C26H37NO8. The third kappa shape index (κ3) is 7.27. The van der Waals surface area contributed by atoms with Crippen LogP contribution in [0.15, 0.2) is 30.3 Å². The summed E-state index contributed by atoms with van der Waals surface area (Å²) < 4.78 is 21.7. The topological polar surface area (TPSA) is 108 Å². The van der Waals surface area contributed by atoms with Crippen molar-refractivity contribution < 1.29 is 38.1 Å². The molecule has 1 aliphatic heterocycles. The summed E-state index contributed by atoms with van der Waals surface area (Å²) in [6.07, 6.45) is -0.867. The predicted molar refractivity (Wildman–Crippen MR) is 128 cm³/mol. The molecule has 194 valence electrons. The molecule has 1 heterocycles. The van der Waals surface area contributed by atoms with E-state index in [-0.39, 0.29) is 32.0 Å². The Balaban J connectivity index is 2.53. The minimum atomic E-state index is -1.34. The SMILES string of the molecule is CCOC(=O)C(CC(C(=O)c1ccccc1)[C@@H]1COC(C)(C)N1C(=O)OC(C)(C)C)C(=O)OCC. The highest BCUT2D eigenvalue weighted by Gasteiger charge is 2.51. The van der Waals surface area contributed by atoms with Crippen LogP contribution in [0, 0.1) is 11.8 Å². The van der Waals surface area contributed by atoms with E-state index in [1.165, 1.54) is 4.90 Å². The number of ketones is 1. The fourth-order valence-corrected chi connectivity index (χ4v) is 4.08. The number of esters is 2. The van der Waals surface area contributed by atoms with Crippen molar-refractivity contribution in [3.05, 3.63) is 35.9 Å². The van der Waals surface area contributed by atoms with Gasteiger partial charge < -0.3 is 18.9 Å². The smallest absolute Gasteiger partial charge is 0.412 e. The number of nitrogens with zero attached hydrogens (tertiary/aromatic N) is 1. The van der Waals surface area contributed by atoms with Crippen molar-refractivity contribution in [2.75, 3.05) is 19.8 Å². The van der Waals surface area contributed by atoms with Gasteiger partial charge in [-0.15, -0.1) is 0 Å². The van der Waals surface area contributed by atoms with Gasteiger partial charge in [0.15, 0.2) is 11.7 Å². The third-order valence-electron chi connectivity index (χ3n) is 5.60. The maximum absolute atomic E-state index is 13.8. The van der Waals surface area contributed by atoms with Crippen LogP contribution in [0.4, 0.5) is 4.79 Å². The zero-order valence-electron chi connectivity index (χ0n) is 21.7. The van der Waals surface area contributed by atoms with E-state index < -0.39 is 47.2 Å². The lowest BCUT2D eigenvalue weighted by atomic mass is 9.82. The quantitative estimate of drug-likeness (QED) is 0.221. The third-order valence-corrected chi connectivity index (χ3v) is 5.60. The van der Waals surface area contributed by atoms with E-state index >= 15 is 0 Å². The molecule has 35 heavy (non-hydrogen) atoms. The number of ether oxygens (including phenoxy) is 4. The number of carbonyl (C=O) groups is 4. The summed E-state index contributed by atoms with van der Waals surface area (Å²) in [4.78, 5) is 53.8. The molecule has 9 heteroatoms. The molecule has 0 spiro atoms. The molecule has 0 radical (unpaired) electrons. The van der Waals surface area contributed by atoms with Crippen molar-refractivity contribution in [2.24, 2.45) is 11.8 Å². The van der Waals surface area contributed by atoms with Crippen molar-refractivity contribution in [2.45, 2.75) is 72.3 Å². The van der Waals surface area contributed by atoms with Gasteiger partial charge in [0.1, 0.15) is 11.3 Å². The summed E-state index contributed by atoms with van der Waals surface area (Å²) >= 11 is 0. The van der Waals surface area contributed by atoms with Crippen molar-refractivity contribution in [3.8, 4) is 0 Å². The van der Waals surface area contributed by atoms with Crippen molar-refractivity contribution in [3.63, 3.8) is 0 Å². The molecule has 2 atom stereocenters. The Labute approximate surface area is 207 Å². The second-order valence-electron chi connectivity index (χ2n) is 9.80. The molecular weight excluding hydrogens is 454 g/mol. The molecule has 0 N–H and O–H groups in total. The van der Waals surface area contributed by atoms with E-state index in [0.717, 1.165) is 0 Å². The van der Waals surface area contributed by atoms with E-state index in [2.05, 4.69) is 0 Å². The minimum Gasteiger partial charge on any atom is -0.465 e. The highest BCUT2D eigenvalue weighted by atomic mass is 16.6. The van der Waals surface area contributed by atoms with Crippen LogP contribution >= 0.6 is 0 Å². The van der Waals surface area contributed by atoms with E-state index in [4.69, 9.17) is 18.9 Å². The Bertz CT molecular complexity index is 888. The maximum Gasteiger partial charge on any atom is 0.412 e. The summed E-state index contributed by atoms with van der Waals surface area (Å²) in [7, 11) is 0. The first-order valence-corrected chi connectivity index (χ1v) is 11.9. The molecule has 2 rings (SSSR count). The summed E-state index contributed by atoms with van der Waals surface area (Å²) in [6, 6.07) is 7.73. The van der Waals surface area contributed by atoms with Crippen molar-refractivity contribution in [1.29, 1.82) is 0 Å². The van der Waals surface area contributed by atoms with Gasteiger partial charge >= 0.3 is 18.0 Å². The second-order valence-corrected chi connectivity index (χ2v) is 9.80. The largest absolute Gasteiger partial charge is 0.465 e. The Morgan fingerprint density at radius 3 is 2.06 bits per heavy atom. The van der Waals surface area contributed by atoms with E-state index in [1.807, 2.05) is 0 Å². The van der Waals surface area contributed by atoms with Gasteiger partial charge in [0, 0.05) is 11.5 Å². The number of hydrogen-bond acceptors (Lipinski definition) is 8. The van der Waals surface area contributed by atoms with Crippen LogP contribution in [0.25, 0.3) is 0 Å². The number of amides is 1. The maximum atomic E-state index is 13.8. The van der Waals surface area contributed by atoms with Gasteiger partial charge in [-0.3, -0.25) is 19.3 Å². The first-order chi connectivity index (χ1) is 16.3. The fraction of sp³-hybridized carbons (Fsp3) is 0.615. The van der Waals surface area contributed by atoms with Gasteiger partial charge in [0.05, 0.1) is 25.9 Å². The molecule has 1 aromatic rings. The summed E-state index contributed by atoms with van der Waals surface area (Å²) in [5.41, 5.74) is -1.47. The second kappa shape index (κ2) is 11.7. The first-order valence-electron chi connectivity index (χ1n) is 11.9. The van der Waals surface area contributed by atoms with Crippen LogP contribution in [0.3, 0.4) is 0 Å². The lowest BCUT2D eigenvalue weighted by Gasteiger charge is -2.37. The number of hydrogen-bond donors (Lipinski definition) is 0. The molecule has 0 saturated carbocycles. The zero-order valence-corrected chi connectivity index (χ0v) is 21.7. The number of rotatable bonds is 9. The first kappa shape index (κ1) is 28.3. The van der Waals surface area contributed by atoms with Gasteiger partial charge in [0.2, 0.25) is 0 Å². The molecule has 0 bridgehead atoms. The summed E-state index contributed by atoms with van der Waals surface area (Å²) in [6.45, 7) is 12.0. The summed E-state index contributed by atoms with van der Waals surface area (Å²) in [5, 5.41) is 0. The van der Waals surface area contributed by atoms with E-state index in [1.54, 1.807) is 78.8 Å². The van der Waals surface area contributed by atoms with Crippen molar-refractivity contribution in [1.82, 2.24) is 4.90 Å². The lowest BCUT2D eigenvalue weighted by Crippen LogP contribution is -2.53. The highest BCUT2D eigenvalue weighted by molar-refractivity contribution is 6.00. The van der Waals surface area contributed by atoms with Crippen molar-refractivity contribution >= 4 is 23.8 Å². The normalized spacial score (nSPS) is 18.2. The molecule has 1 saturated heterocycles. The van der Waals surface area contributed by atoms with Gasteiger partial charge in [-0.2, -0.15) is 0 Å². The molecule has 1 amide bonds. The average molecular weight is 492 g/mol. The molecule has 1 aromatic carbocycles. The van der Waals surface area contributed by atoms with Crippen LogP contribution in [0.1, 0.15) is 65.2 Å². The van der Waals surface area contributed by atoms with Crippen LogP contribution < -0.4 is 0 Å². The Kier molecular flexibility index (Phi) is 9.43. The fourth-order valence-electron chi connectivity index (χ4n) is 4.08. The van der Waals surface area contributed by atoms with E-state index in [0.29, 0.717) is 5.56 Å². The van der Waals surface area contributed by atoms with E-state index in [9.17, 15) is 19.2 Å². The number of carbonyl (C=O) groups excluding carboxylic acids is 4. The van der Waals surface area contributed by atoms with Gasteiger partial charge in [0.25, 0.3) is 0 Å². The van der Waals surface area contributed by atoms with Gasteiger partial charge in [-0.05, 0) is 54.9 Å². The van der Waals surface area contributed by atoms with Crippen LogP contribution in [-0.2, 0) is 28.5 Å². The highest BCUT2D eigenvalue weighted by Crippen LogP contribution is 2.37. The van der Waals surface area contributed by atoms with Crippen LogP contribution in [0.5, 0.6) is 0 Å². The molecule has 9 nitrogen and oxygen atoms in total. The van der Waals surface area contributed by atoms with Crippen LogP contribution in [-0.4, -0.2) is 65.9 Å². The Hall–Kier alpha value is -2.94. The van der Waals surface area contributed by atoms with Gasteiger partial charge in [-0.1, -0.05) is 30.3 Å². The molecule has 1 unspecified atom stereocenters.